The number of carbonyl (C=O) groups excluding carboxylic acids is 1. The number of methoxy groups -OCH3 is 1. The molecule has 2 N–H and O–H groups in total. The van der Waals surface area contributed by atoms with Gasteiger partial charge < -0.3 is 24.8 Å². The lowest BCUT2D eigenvalue weighted by molar-refractivity contribution is 0.0883. The van der Waals surface area contributed by atoms with Crippen LogP contribution < -0.4 is 10.1 Å². The summed E-state index contributed by atoms with van der Waals surface area (Å²) in [5.41, 5.74) is 1.69. The Labute approximate surface area is 131 Å². The van der Waals surface area contributed by atoms with Gasteiger partial charge in [-0.1, -0.05) is 6.07 Å². The number of anilines is 1. The number of hydrogen-bond acceptors (Lipinski definition) is 4. The SMILES string of the molecule is COCCOc1cc(C)ccc1NC(=O)N1CCC[C@H](O)C1. The molecule has 0 unspecified atom stereocenters. The third-order valence-corrected chi connectivity index (χ3v) is 3.61. The van der Waals surface area contributed by atoms with Crippen molar-refractivity contribution in [3.8, 4) is 5.75 Å². The standard InChI is InChI=1S/C16H24N2O4/c1-12-5-6-14(15(10-12)22-9-8-21-2)17-16(20)18-7-3-4-13(19)11-18/h5-6,10,13,19H,3-4,7-9,11H2,1-2H3,(H,17,20)/t13-/m0/s1. The fourth-order valence-electron chi connectivity index (χ4n) is 2.42. The number of likely N-dealkylation sites (tertiary alicyclic amines) is 1. The van der Waals surface area contributed by atoms with Gasteiger partial charge in [0.05, 0.1) is 18.4 Å². The van der Waals surface area contributed by atoms with Crippen LogP contribution in [0.25, 0.3) is 0 Å². The molecule has 22 heavy (non-hydrogen) atoms. The number of amides is 2. The van der Waals surface area contributed by atoms with Crippen LogP contribution >= 0.6 is 0 Å². The first-order valence-electron chi connectivity index (χ1n) is 7.56. The van der Waals surface area contributed by atoms with E-state index in [0.29, 0.717) is 37.7 Å². The van der Waals surface area contributed by atoms with Crippen LogP contribution in [0.2, 0.25) is 0 Å². The second-order valence-electron chi connectivity index (χ2n) is 5.51. The van der Waals surface area contributed by atoms with Gasteiger partial charge in [-0.2, -0.15) is 0 Å². The summed E-state index contributed by atoms with van der Waals surface area (Å²) >= 11 is 0. The molecule has 0 saturated carbocycles. The van der Waals surface area contributed by atoms with E-state index < -0.39 is 6.10 Å². The van der Waals surface area contributed by atoms with Crippen molar-refractivity contribution in [3.05, 3.63) is 23.8 Å². The summed E-state index contributed by atoms with van der Waals surface area (Å²) in [6.45, 7) is 3.91. The van der Waals surface area contributed by atoms with Crippen LogP contribution in [0, 0.1) is 6.92 Å². The second-order valence-corrected chi connectivity index (χ2v) is 5.51. The molecule has 1 saturated heterocycles. The maximum Gasteiger partial charge on any atom is 0.322 e. The Morgan fingerprint density at radius 2 is 2.27 bits per heavy atom. The Hall–Kier alpha value is -1.79. The van der Waals surface area contributed by atoms with E-state index in [1.807, 2.05) is 25.1 Å². The summed E-state index contributed by atoms with van der Waals surface area (Å²) in [5.74, 6) is 0.628. The Morgan fingerprint density at radius 1 is 1.45 bits per heavy atom. The molecule has 1 aromatic rings. The molecule has 1 aliphatic rings. The number of urea groups is 1. The van der Waals surface area contributed by atoms with Crippen molar-refractivity contribution in [1.82, 2.24) is 4.90 Å². The normalized spacial score (nSPS) is 18.1. The van der Waals surface area contributed by atoms with Crippen LogP contribution in [0.5, 0.6) is 5.75 Å². The number of rotatable bonds is 5. The second kappa shape index (κ2) is 8.00. The lowest BCUT2D eigenvalue weighted by atomic mass is 10.1. The summed E-state index contributed by atoms with van der Waals surface area (Å²) in [7, 11) is 1.62. The highest BCUT2D eigenvalue weighted by atomic mass is 16.5. The molecule has 122 valence electrons. The van der Waals surface area contributed by atoms with E-state index in [1.54, 1.807) is 12.0 Å². The molecule has 1 atom stereocenters. The number of benzene rings is 1. The molecule has 1 aromatic carbocycles. The minimum absolute atomic E-state index is 0.209. The molecule has 0 radical (unpaired) electrons. The fourth-order valence-corrected chi connectivity index (χ4v) is 2.42. The number of aliphatic hydroxyl groups excluding tert-OH is 1. The lowest BCUT2D eigenvalue weighted by Gasteiger charge is -2.30. The average Bonchev–Trinajstić information content (AvgIpc) is 2.50. The van der Waals surface area contributed by atoms with E-state index in [4.69, 9.17) is 9.47 Å². The molecule has 0 spiro atoms. The summed E-state index contributed by atoms with van der Waals surface area (Å²) in [6, 6.07) is 5.43. The predicted molar refractivity (Wildman–Crippen MR) is 84.4 cm³/mol. The maximum atomic E-state index is 12.3. The molecule has 2 amide bonds. The van der Waals surface area contributed by atoms with E-state index in [0.717, 1.165) is 18.4 Å². The lowest BCUT2D eigenvalue weighted by Crippen LogP contribution is -2.44. The van der Waals surface area contributed by atoms with Crippen molar-refractivity contribution >= 4 is 11.7 Å². The highest BCUT2D eigenvalue weighted by Crippen LogP contribution is 2.26. The molecule has 0 aliphatic carbocycles. The third kappa shape index (κ3) is 4.61. The topological polar surface area (TPSA) is 71.0 Å². The summed E-state index contributed by atoms with van der Waals surface area (Å²) in [5, 5.41) is 12.5. The smallest absolute Gasteiger partial charge is 0.322 e. The van der Waals surface area contributed by atoms with E-state index in [1.165, 1.54) is 0 Å². The molecule has 1 fully saturated rings. The highest BCUT2D eigenvalue weighted by molar-refractivity contribution is 5.91. The van der Waals surface area contributed by atoms with Crippen LogP contribution in [0.4, 0.5) is 10.5 Å². The van der Waals surface area contributed by atoms with E-state index >= 15 is 0 Å². The van der Waals surface area contributed by atoms with Gasteiger partial charge in [0.25, 0.3) is 0 Å². The van der Waals surface area contributed by atoms with Crippen LogP contribution in [0.1, 0.15) is 18.4 Å². The van der Waals surface area contributed by atoms with Crippen LogP contribution in [0.15, 0.2) is 18.2 Å². The molecular weight excluding hydrogens is 284 g/mol. The van der Waals surface area contributed by atoms with Gasteiger partial charge in [0.1, 0.15) is 12.4 Å². The first-order chi connectivity index (χ1) is 10.6. The Morgan fingerprint density at radius 3 is 3.00 bits per heavy atom. The fraction of sp³-hybridized carbons (Fsp3) is 0.562. The molecule has 2 rings (SSSR count). The monoisotopic (exact) mass is 308 g/mol. The van der Waals surface area contributed by atoms with E-state index in [-0.39, 0.29) is 6.03 Å². The summed E-state index contributed by atoms with van der Waals surface area (Å²) < 4.78 is 10.6. The number of carbonyl (C=O) groups is 1. The molecule has 1 heterocycles. The summed E-state index contributed by atoms with van der Waals surface area (Å²) in [6.07, 6.45) is 1.13. The van der Waals surface area contributed by atoms with Gasteiger partial charge in [-0.25, -0.2) is 4.79 Å². The van der Waals surface area contributed by atoms with E-state index in [9.17, 15) is 9.90 Å². The van der Waals surface area contributed by atoms with Gasteiger partial charge >= 0.3 is 6.03 Å². The van der Waals surface area contributed by atoms with Crippen molar-refractivity contribution in [2.75, 3.05) is 38.7 Å². The first-order valence-corrected chi connectivity index (χ1v) is 7.56. The Balaban J connectivity index is 2.02. The Kier molecular flexibility index (Phi) is 6.03. The highest BCUT2D eigenvalue weighted by Gasteiger charge is 2.22. The number of nitrogens with zero attached hydrogens (tertiary/aromatic N) is 1. The third-order valence-electron chi connectivity index (χ3n) is 3.61. The van der Waals surface area contributed by atoms with Crippen molar-refractivity contribution < 1.29 is 19.4 Å². The van der Waals surface area contributed by atoms with Gasteiger partial charge in [0.15, 0.2) is 0 Å². The maximum absolute atomic E-state index is 12.3. The number of hydrogen-bond donors (Lipinski definition) is 2. The molecule has 1 aliphatic heterocycles. The van der Waals surface area contributed by atoms with Crippen LogP contribution in [0.3, 0.4) is 0 Å². The van der Waals surface area contributed by atoms with Crippen LogP contribution in [-0.4, -0.2) is 55.6 Å². The number of piperidine rings is 1. The quantitative estimate of drug-likeness (QED) is 0.816. The van der Waals surface area contributed by atoms with Gasteiger partial charge in [-0.05, 0) is 37.5 Å². The number of nitrogens with one attached hydrogen (secondary N) is 1. The Bertz CT molecular complexity index is 507. The zero-order chi connectivity index (χ0) is 15.9. The van der Waals surface area contributed by atoms with E-state index in [2.05, 4.69) is 5.32 Å². The van der Waals surface area contributed by atoms with Crippen molar-refractivity contribution in [3.63, 3.8) is 0 Å². The number of aryl methyl sites for hydroxylation is 1. The minimum Gasteiger partial charge on any atom is -0.489 e. The van der Waals surface area contributed by atoms with Gasteiger partial charge in [-0.3, -0.25) is 0 Å². The summed E-state index contributed by atoms with van der Waals surface area (Å²) in [4.78, 5) is 13.9. The number of β-amino-alcohol motifs (C(OH)–C–C–N with tert-alkyl or cyclic N) is 1. The molecule has 0 bridgehead atoms. The zero-order valence-corrected chi connectivity index (χ0v) is 13.2. The van der Waals surface area contributed by atoms with Crippen molar-refractivity contribution in [1.29, 1.82) is 0 Å². The van der Waals surface area contributed by atoms with Gasteiger partial charge in [0, 0.05) is 20.2 Å². The van der Waals surface area contributed by atoms with Crippen molar-refractivity contribution in [2.45, 2.75) is 25.9 Å². The molecule has 0 aromatic heterocycles. The zero-order valence-electron chi connectivity index (χ0n) is 13.2. The predicted octanol–water partition coefficient (Wildman–Crippen LogP) is 2.01. The number of ether oxygens (including phenoxy) is 2. The minimum atomic E-state index is -0.435. The van der Waals surface area contributed by atoms with Gasteiger partial charge in [0.2, 0.25) is 0 Å². The number of aliphatic hydroxyl groups is 1. The molecule has 6 heteroatoms. The van der Waals surface area contributed by atoms with Crippen molar-refractivity contribution in [2.24, 2.45) is 0 Å². The van der Waals surface area contributed by atoms with Gasteiger partial charge in [-0.15, -0.1) is 0 Å². The first kappa shape index (κ1) is 16.6. The molecule has 6 nitrogen and oxygen atoms in total. The molecular formula is C16H24N2O4. The van der Waals surface area contributed by atoms with Crippen LogP contribution in [-0.2, 0) is 4.74 Å². The average molecular weight is 308 g/mol. The largest absolute Gasteiger partial charge is 0.489 e.